The first-order chi connectivity index (χ1) is 8.31. The van der Waals surface area contributed by atoms with E-state index in [0.717, 1.165) is 23.2 Å². The minimum absolute atomic E-state index is 0.819. The zero-order valence-electron chi connectivity index (χ0n) is 11.7. The summed E-state index contributed by atoms with van der Waals surface area (Å²) in [6.45, 7) is 2.48. The Kier molecular flexibility index (Phi) is 3.50. The summed E-state index contributed by atoms with van der Waals surface area (Å²) in [4.78, 5) is 0. The van der Waals surface area contributed by atoms with Crippen LogP contribution in [0.4, 0.5) is 0 Å². The second kappa shape index (κ2) is 4.94. The summed E-state index contributed by atoms with van der Waals surface area (Å²) >= 11 is 0. The van der Waals surface area contributed by atoms with Crippen LogP contribution in [0.25, 0.3) is 0 Å². The molecule has 0 atom stereocenters. The van der Waals surface area contributed by atoms with Crippen LogP contribution in [0.2, 0.25) is 0 Å². The monoisotopic (exact) mass is 234 g/mol. The third-order valence-electron chi connectivity index (χ3n) is 6.54. The van der Waals surface area contributed by atoms with Gasteiger partial charge in [0.15, 0.2) is 0 Å². The lowest BCUT2D eigenvalue weighted by atomic mass is 9.56. The van der Waals surface area contributed by atoms with Crippen molar-refractivity contribution in [2.45, 2.75) is 84.0 Å². The zero-order chi connectivity index (χ0) is 11.7. The van der Waals surface area contributed by atoms with Gasteiger partial charge in [0, 0.05) is 0 Å². The van der Waals surface area contributed by atoms with Gasteiger partial charge in [-0.2, -0.15) is 0 Å². The summed E-state index contributed by atoms with van der Waals surface area (Å²) in [5.41, 5.74) is 0.819. The van der Waals surface area contributed by atoms with E-state index in [1.54, 1.807) is 38.5 Å². The maximum absolute atomic E-state index is 2.48. The van der Waals surface area contributed by atoms with E-state index in [9.17, 15) is 0 Å². The van der Waals surface area contributed by atoms with Crippen LogP contribution in [0.5, 0.6) is 0 Å². The molecule has 0 N–H and O–H groups in total. The van der Waals surface area contributed by atoms with E-state index in [2.05, 4.69) is 6.92 Å². The summed E-state index contributed by atoms with van der Waals surface area (Å²) < 4.78 is 0. The molecule has 0 heteroatoms. The molecule has 3 saturated carbocycles. The molecule has 0 aromatic rings. The average Bonchev–Trinajstić information content (AvgIpc) is 3.04. The fraction of sp³-hybridized carbons (Fsp3) is 1.00. The summed E-state index contributed by atoms with van der Waals surface area (Å²) in [6, 6.07) is 0. The van der Waals surface area contributed by atoms with Crippen LogP contribution in [0.15, 0.2) is 0 Å². The van der Waals surface area contributed by atoms with Gasteiger partial charge in [0.25, 0.3) is 0 Å². The van der Waals surface area contributed by atoms with Crippen molar-refractivity contribution >= 4 is 0 Å². The Morgan fingerprint density at radius 2 is 1.06 bits per heavy atom. The third kappa shape index (κ3) is 2.17. The van der Waals surface area contributed by atoms with Gasteiger partial charge in [-0.3, -0.25) is 0 Å². The fourth-order valence-corrected chi connectivity index (χ4v) is 5.45. The van der Waals surface area contributed by atoms with Gasteiger partial charge in [-0.25, -0.2) is 0 Å². The molecule has 98 valence electrons. The zero-order valence-corrected chi connectivity index (χ0v) is 11.7. The SMILES string of the molecule is CC1CCC(C2CCCC2)(C2CCCC2)CC1. The first-order valence-electron chi connectivity index (χ1n) is 8.31. The second-order valence-electron chi connectivity index (χ2n) is 7.38. The molecule has 3 aliphatic rings. The van der Waals surface area contributed by atoms with Gasteiger partial charge < -0.3 is 0 Å². The van der Waals surface area contributed by atoms with Gasteiger partial charge in [-0.15, -0.1) is 0 Å². The highest BCUT2D eigenvalue weighted by Crippen LogP contribution is 2.58. The van der Waals surface area contributed by atoms with Crippen molar-refractivity contribution < 1.29 is 0 Å². The average molecular weight is 234 g/mol. The Bertz CT molecular complexity index is 217. The Balaban J connectivity index is 1.78. The molecule has 3 rings (SSSR count). The minimum atomic E-state index is 0.819. The molecular weight excluding hydrogens is 204 g/mol. The molecule has 17 heavy (non-hydrogen) atoms. The van der Waals surface area contributed by atoms with Gasteiger partial charge in [-0.05, 0) is 61.7 Å². The predicted octanol–water partition coefficient (Wildman–Crippen LogP) is 5.56. The molecule has 0 saturated heterocycles. The van der Waals surface area contributed by atoms with Crippen molar-refractivity contribution in [3.8, 4) is 0 Å². The molecule has 0 spiro atoms. The molecule has 0 heterocycles. The largest absolute Gasteiger partial charge is 0.0625 e. The van der Waals surface area contributed by atoms with E-state index in [4.69, 9.17) is 0 Å². The van der Waals surface area contributed by atoms with Crippen LogP contribution < -0.4 is 0 Å². The molecule has 0 nitrogen and oxygen atoms in total. The predicted molar refractivity (Wildman–Crippen MR) is 74.0 cm³/mol. The van der Waals surface area contributed by atoms with Crippen molar-refractivity contribution in [3.05, 3.63) is 0 Å². The summed E-state index contributed by atoms with van der Waals surface area (Å²) in [5.74, 6) is 3.27. The van der Waals surface area contributed by atoms with E-state index < -0.39 is 0 Å². The molecule has 0 radical (unpaired) electrons. The van der Waals surface area contributed by atoms with Crippen LogP contribution in [-0.2, 0) is 0 Å². The molecule has 3 fully saturated rings. The lowest BCUT2D eigenvalue weighted by Crippen LogP contribution is -2.39. The van der Waals surface area contributed by atoms with Crippen LogP contribution in [0, 0.1) is 23.2 Å². The Morgan fingerprint density at radius 3 is 1.47 bits per heavy atom. The van der Waals surface area contributed by atoms with Gasteiger partial charge in [0.05, 0.1) is 0 Å². The Hall–Kier alpha value is 0. The van der Waals surface area contributed by atoms with E-state index in [1.807, 2.05) is 0 Å². The van der Waals surface area contributed by atoms with Crippen molar-refractivity contribution in [2.75, 3.05) is 0 Å². The lowest BCUT2D eigenvalue weighted by Gasteiger charge is -2.48. The number of hydrogen-bond donors (Lipinski definition) is 0. The topological polar surface area (TPSA) is 0 Å². The highest BCUT2D eigenvalue weighted by atomic mass is 14.5. The maximum Gasteiger partial charge on any atom is -0.0241 e. The third-order valence-corrected chi connectivity index (χ3v) is 6.54. The minimum Gasteiger partial charge on any atom is -0.0625 e. The van der Waals surface area contributed by atoms with Crippen LogP contribution in [0.1, 0.15) is 84.0 Å². The van der Waals surface area contributed by atoms with Crippen LogP contribution in [0.3, 0.4) is 0 Å². The van der Waals surface area contributed by atoms with Gasteiger partial charge in [-0.1, -0.05) is 45.4 Å². The Labute approximate surface area is 108 Å². The molecule has 0 unspecified atom stereocenters. The Morgan fingerprint density at radius 1 is 0.647 bits per heavy atom. The van der Waals surface area contributed by atoms with Gasteiger partial charge in [0.1, 0.15) is 0 Å². The van der Waals surface area contributed by atoms with E-state index in [1.165, 1.54) is 38.5 Å². The fourth-order valence-electron chi connectivity index (χ4n) is 5.45. The first kappa shape index (κ1) is 12.1. The molecule has 0 aromatic heterocycles. The summed E-state index contributed by atoms with van der Waals surface area (Å²) in [5, 5.41) is 0. The highest BCUT2D eigenvalue weighted by Gasteiger charge is 2.47. The normalized spacial score (nSPS) is 32.3. The first-order valence-corrected chi connectivity index (χ1v) is 8.31. The van der Waals surface area contributed by atoms with Crippen molar-refractivity contribution in [2.24, 2.45) is 23.2 Å². The molecule has 3 aliphatic carbocycles. The molecule has 0 amide bonds. The van der Waals surface area contributed by atoms with Gasteiger partial charge >= 0.3 is 0 Å². The van der Waals surface area contributed by atoms with E-state index in [-0.39, 0.29) is 0 Å². The van der Waals surface area contributed by atoms with E-state index in [0.29, 0.717) is 0 Å². The quantitative estimate of drug-likeness (QED) is 0.586. The van der Waals surface area contributed by atoms with Crippen LogP contribution in [-0.4, -0.2) is 0 Å². The number of rotatable bonds is 2. The molecular formula is C17H30. The van der Waals surface area contributed by atoms with Crippen molar-refractivity contribution in [1.29, 1.82) is 0 Å². The molecule has 0 aromatic carbocycles. The van der Waals surface area contributed by atoms with Crippen molar-refractivity contribution in [3.63, 3.8) is 0 Å². The molecule has 0 aliphatic heterocycles. The second-order valence-corrected chi connectivity index (χ2v) is 7.38. The summed E-state index contributed by atoms with van der Waals surface area (Å²) in [7, 11) is 0. The maximum atomic E-state index is 2.48. The van der Waals surface area contributed by atoms with E-state index >= 15 is 0 Å². The molecule has 0 bridgehead atoms. The lowest BCUT2D eigenvalue weighted by molar-refractivity contribution is 0.0146. The van der Waals surface area contributed by atoms with Crippen molar-refractivity contribution in [1.82, 2.24) is 0 Å². The van der Waals surface area contributed by atoms with Crippen LogP contribution >= 0.6 is 0 Å². The highest BCUT2D eigenvalue weighted by molar-refractivity contribution is 4.97. The standard InChI is InChI=1S/C17H30/c1-14-10-12-17(13-11-14,15-6-2-3-7-15)16-8-4-5-9-16/h14-16H,2-13H2,1H3. The summed E-state index contributed by atoms with van der Waals surface area (Å²) in [6.07, 6.45) is 18.7. The smallest absolute Gasteiger partial charge is 0.0241 e. The number of hydrogen-bond acceptors (Lipinski definition) is 0. The van der Waals surface area contributed by atoms with Gasteiger partial charge in [0.2, 0.25) is 0 Å².